The summed E-state index contributed by atoms with van der Waals surface area (Å²) in [6, 6.07) is 18.8. The van der Waals surface area contributed by atoms with E-state index in [0.29, 0.717) is 6.54 Å². The Kier molecular flexibility index (Phi) is 2.39. The van der Waals surface area contributed by atoms with Crippen LogP contribution in [-0.4, -0.2) is 12.6 Å². The fourth-order valence-corrected chi connectivity index (χ4v) is 3.05. The van der Waals surface area contributed by atoms with E-state index in [2.05, 4.69) is 41.0 Å². The predicted molar refractivity (Wildman–Crippen MR) is 80.7 cm³/mol. The van der Waals surface area contributed by atoms with Gasteiger partial charge in [-0.25, -0.2) is 4.79 Å². The number of urea groups is 1. The SMILES string of the molecule is O=C1NC[C@@H](c2c3ccccc3cc3ccccc23)N1. The van der Waals surface area contributed by atoms with Crippen molar-refractivity contribution in [2.45, 2.75) is 6.04 Å². The van der Waals surface area contributed by atoms with Crippen LogP contribution in [-0.2, 0) is 0 Å². The summed E-state index contributed by atoms with van der Waals surface area (Å²) in [5.74, 6) is 0. The third kappa shape index (κ3) is 1.63. The van der Waals surface area contributed by atoms with Crippen molar-refractivity contribution in [3.8, 4) is 0 Å². The molecule has 0 unspecified atom stereocenters. The van der Waals surface area contributed by atoms with Crippen LogP contribution < -0.4 is 10.6 Å². The maximum atomic E-state index is 11.5. The Hall–Kier alpha value is -2.55. The molecular formula is C17H14N2O. The minimum absolute atomic E-state index is 0.0264. The van der Waals surface area contributed by atoms with E-state index < -0.39 is 0 Å². The molecule has 3 heteroatoms. The minimum atomic E-state index is -0.0907. The lowest BCUT2D eigenvalue weighted by Gasteiger charge is -2.16. The molecule has 1 fully saturated rings. The highest BCUT2D eigenvalue weighted by Gasteiger charge is 2.24. The number of benzene rings is 3. The van der Waals surface area contributed by atoms with Crippen molar-refractivity contribution in [3.05, 3.63) is 60.2 Å². The van der Waals surface area contributed by atoms with Gasteiger partial charge in [0, 0.05) is 6.54 Å². The van der Waals surface area contributed by atoms with Crippen LogP contribution in [0.5, 0.6) is 0 Å². The molecule has 1 saturated heterocycles. The van der Waals surface area contributed by atoms with Gasteiger partial charge >= 0.3 is 6.03 Å². The largest absolute Gasteiger partial charge is 0.336 e. The standard InChI is InChI=1S/C17H14N2O/c20-17-18-10-15(19-17)16-13-7-3-1-5-11(13)9-12-6-2-4-8-14(12)16/h1-9,15H,10H2,(H2,18,19,20)/t15-/m0/s1. The lowest BCUT2D eigenvalue weighted by atomic mass is 9.92. The Morgan fingerprint density at radius 3 is 2.05 bits per heavy atom. The first-order valence-corrected chi connectivity index (χ1v) is 6.78. The highest BCUT2D eigenvalue weighted by molar-refractivity contribution is 6.03. The van der Waals surface area contributed by atoms with Crippen LogP contribution in [0.2, 0.25) is 0 Å². The van der Waals surface area contributed by atoms with Gasteiger partial charge in [-0.1, -0.05) is 48.5 Å². The third-order valence-corrected chi connectivity index (χ3v) is 3.93. The summed E-state index contributed by atoms with van der Waals surface area (Å²) < 4.78 is 0. The van der Waals surface area contributed by atoms with Gasteiger partial charge in [-0.3, -0.25) is 0 Å². The van der Waals surface area contributed by atoms with E-state index >= 15 is 0 Å². The first kappa shape index (κ1) is 11.3. The van der Waals surface area contributed by atoms with Crippen LogP contribution in [0.15, 0.2) is 54.6 Å². The second kappa shape index (κ2) is 4.23. The van der Waals surface area contributed by atoms with Crippen molar-refractivity contribution in [3.63, 3.8) is 0 Å². The fraction of sp³-hybridized carbons (Fsp3) is 0.118. The molecule has 0 aromatic heterocycles. The van der Waals surface area contributed by atoms with Crippen LogP contribution in [0.1, 0.15) is 11.6 Å². The van der Waals surface area contributed by atoms with Gasteiger partial charge in [0.25, 0.3) is 0 Å². The Morgan fingerprint density at radius 2 is 1.50 bits per heavy atom. The van der Waals surface area contributed by atoms with Gasteiger partial charge in [0.2, 0.25) is 0 Å². The summed E-state index contributed by atoms with van der Waals surface area (Å²) in [6.07, 6.45) is 0. The number of rotatable bonds is 1. The van der Waals surface area contributed by atoms with Crippen LogP contribution >= 0.6 is 0 Å². The molecule has 0 saturated carbocycles. The molecule has 1 heterocycles. The first-order valence-electron chi connectivity index (χ1n) is 6.78. The summed E-state index contributed by atoms with van der Waals surface area (Å²) in [5.41, 5.74) is 1.21. The van der Waals surface area contributed by atoms with Crippen molar-refractivity contribution >= 4 is 27.6 Å². The number of fused-ring (bicyclic) bond motifs is 2. The molecule has 3 aromatic carbocycles. The van der Waals surface area contributed by atoms with Crippen LogP contribution in [0.4, 0.5) is 4.79 Å². The first-order chi connectivity index (χ1) is 9.83. The summed E-state index contributed by atoms with van der Waals surface area (Å²) in [7, 11) is 0. The zero-order chi connectivity index (χ0) is 13.5. The van der Waals surface area contributed by atoms with Gasteiger partial charge in [0.15, 0.2) is 0 Å². The van der Waals surface area contributed by atoms with Gasteiger partial charge < -0.3 is 10.6 Å². The van der Waals surface area contributed by atoms with Gasteiger partial charge in [-0.15, -0.1) is 0 Å². The highest BCUT2D eigenvalue weighted by Crippen LogP contribution is 2.33. The number of carbonyl (C=O) groups is 1. The third-order valence-electron chi connectivity index (χ3n) is 3.93. The normalized spacial score (nSPS) is 18.2. The molecule has 0 spiro atoms. The monoisotopic (exact) mass is 262 g/mol. The molecule has 98 valence electrons. The average Bonchev–Trinajstić information content (AvgIpc) is 2.91. The molecule has 2 N–H and O–H groups in total. The highest BCUT2D eigenvalue weighted by atomic mass is 16.2. The van der Waals surface area contributed by atoms with Gasteiger partial charge in [0.05, 0.1) is 6.04 Å². The average molecular weight is 262 g/mol. The minimum Gasteiger partial charge on any atom is -0.336 e. The molecular weight excluding hydrogens is 248 g/mol. The number of amides is 2. The summed E-state index contributed by atoms with van der Waals surface area (Å²) in [4.78, 5) is 11.5. The van der Waals surface area contributed by atoms with Crippen molar-refractivity contribution in [1.29, 1.82) is 0 Å². The van der Waals surface area contributed by atoms with E-state index in [1.807, 2.05) is 24.3 Å². The van der Waals surface area contributed by atoms with E-state index in [1.54, 1.807) is 0 Å². The topological polar surface area (TPSA) is 41.1 Å². The number of carbonyl (C=O) groups excluding carboxylic acids is 1. The lowest BCUT2D eigenvalue weighted by Crippen LogP contribution is -2.21. The molecule has 3 aromatic rings. The van der Waals surface area contributed by atoms with E-state index in [0.717, 1.165) is 0 Å². The Morgan fingerprint density at radius 1 is 0.900 bits per heavy atom. The second-order valence-electron chi connectivity index (χ2n) is 5.14. The molecule has 2 amide bonds. The number of hydrogen-bond donors (Lipinski definition) is 2. The fourth-order valence-electron chi connectivity index (χ4n) is 3.05. The predicted octanol–water partition coefficient (Wildman–Crippen LogP) is 3.35. The summed E-state index contributed by atoms with van der Waals surface area (Å²) in [6.45, 7) is 0.636. The molecule has 20 heavy (non-hydrogen) atoms. The quantitative estimate of drug-likeness (QED) is 0.649. The maximum absolute atomic E-state index is 11.5. The summed E-state index contributed by atoms with van der Waals surface area (Å²) >= 11 is 0. The Labute approximate surface area is 116 Å². The molecule has 3 nitrogen and oxygen atoms in total. The smallest absolute Gasteiger partial charge is 0.315 e. The molecule has 0 bridgehead atoms. The van der Waals surface area contributed by atoms with Crippen molar-refractivity contribution in [1.82, 2.24) is 10.6 Å². The van der Waals surface area contributed by atoms with Gasteiger partial charge in [-0.2, -0.15) is 0 Å². The van der Waals surface area contributed by atoms with Crippen molar-refractivity contribution < 1.29 is 4.79 Å². The molecule has 1 aliphatic rings. The number of hydrogen-bond acceptors (Lipinski definition) is 1. The Bertz CT molecular complexity index is 771. The number of nitrogens with one attached hydrogen (secondary N) is 2. The summed E-state index contributed by atoms with van der Waals surface area (Å²) in [5, 5.41) is 10.7. The van der Waals surface area contributed by atoms with E-state index in [1.165, 1.54) is 27.1 Å². The van der Waals surface area contributed by atoms with Gasteiger partial charge in [0.1, 0.15) is 0 Å². The molecule has 0 radical (unpaired) electrons. The van der Waals surface area contributed by atoms with Gasteiger partial charge in [-0.05, 0) is 33.2 Å². The van der Waals surface area contributed by atoms with E-state index in [4.69, 9.17) is 0 Å². The molecule has 4 rings (SSSR count). The van der Waals surface area contributed by atoms with Crippen LogP contribution in [0.25, 0.3) is 21.5 Å². The zero-order valence-electron chi connectivity index (χ0n) is 10.9. The molecule has 0 aliphatic carbocycles. The van der Waals surface area contributed by atoms with E-state index in [9.17, 15) is 4.79 Å². The molecule has 1 atom stereocenters. The van der Waals surface area contributed by atoms with E-state index in [-0.39, 0.29) is 12.1 Å². The maximum Gasteiger partial charge on any atom is 0.315 e. The second-order valence-corrected chi connectivity index (χ2v) is 5.14. The zero-order valence-corrected chi connectivity index (χ0v) is 10.9. The Balaban J connectivity index is 2.09. The molecule has 1 aliphatic heterocycles. The van der Waals surface area contributed by atoms with Crippen LogP contribution in [0, 0.1) is 0 Å². The lowest BCUT2D eigenvalue weighted by molar-refractivity contribution is 0.247. The van der Waals surface area contributed by atoms with Crippen molar-refractivity contribution in [2.24, 2.45) is 0 Å². The van der Waals surface area contributed by atoms with Crippen molar-refractivity contribution in [2.75, 3.05) is 6.54 Å². The van der Waals surface area contributed by atoms with Crippen LogP contribution in [0.3, 0.4) is 0 Å².